The molecule has 2 N–H and O–H groups in total. The number of pyridine rings is 2. The van der Waals surface area contributed by atoms with Crippen molar-refractivity contribution in [1.29, 1.82) is 0 Å². The van der Waals surface area contributed by atoms with Gasteiger partial charge in [0.1, 0.15) is 17.7 Å². The monoisotopic (exact) mass is 322 g/mol. The van der Waals surface area contributed by atoms with E-state index in [0.717, 1.165) is 0 Å². The number of aromatic nitrogens is 4. The van der Waals surface area contributed by atoms with E-state index in [2.05, 4.69) is 19.9 Å². The highest BCUT2D eigenvalue weighted by Gasteiger charge is 2.11. The van der Waals surface area contributed by atoms with Crippen LogP contribution in [0.4, 0.5) is 0 Å². The number of aromatic carboxylic acids is 2. The van der Waals surface area contributed by atoms with E-state index in [4.69, 9.17) is 10.2 Å². The summed E-state index contributed by atoms with van der Waals surface area (Å²) in [7, 11) is 0. The molecule has 0 saturated carbocycles. The molecule has 0 aliphatic rings. The average molecular weight is 322 g/mol. The predicted octanol–water partition coefficient (Wildman–Crippen LogP) is 2.00. The number of hydrogen-bond acceptors (Lipinski definition) is 6. The Morgan fingerprint density at radius 1 is 0.708 bits per heavy atom. The van der Waals surface area contributed by atoms with Gasteiger partial charge >= 0.3 is 11.9 Å². The van der Waals surface area contributed by atoms with Gasteiger partial charge in [-0.05, 0) is 30.3 Å². The Kier molecular flexibility index (Phi) is 3.94. The third kappa shape index (κ3) is 3.07. The molecule has 0 amide bonds. The van der Waals surface area contributed by atoms with Crippen molar-refractivity contribution < 1.29 is 19.8 Å². The molecule has 8 heteroatoms. The van der Waals surface area contributed by atoms with Gasteiger partial charge in [0.15, 0.2) is 0 Å². The number of carbonyl (C=O) groups is 2. The molecular formula is C16H10N4O4. The zero-order valence-corrected chi connectivity index (χ0v) is 12.1. The number of carboxylic acids is 2. The van der Waals surface area contributed by atoms with Crippen molar-refractivity contribution in [1.82, 2.24) is 19.9 Å². The highest BCUT2D eigenvalue weighted by molar-refractivity contribution is 5.86. The van der Waals surface area contributed by atoms with Crippen molar-refractivity contribution in [3.05, 3.63) is 60.2 Å². The Bertz CT molecular complexity index is 870. The summed E-state index contributed by atoms with van der Waals surface area (Å²) in [5, 5.41) is 18.0. The molecule has 0 bridgehead atoms. The Morgan fingerprint density at radius 2 is 1.17 bits per heavy atom. The molecule has 0 aliphatic carbocycles. The van der Waals surface area contributed by atoms with E-state index in [-0.39, 0.29) is 11.4 Å². The minimum absolute atomic E-state index is 0.0985. The molecule has 0 spiro atoms. The van der Waals surface area contributed by atoms with E-state index in [1.165, 1.54) is 18.5 Å². The highest BCUT2D eigenvalue weighted by atomic mass is 16.4. The summed E-state index contributed by atoms with van der Waals surface area (Å²) >= 11 is 0. The van der Waals surface area contributed by atoms with Crippen molar-refractivity contribution in [3.8, 4) is 22.8 Å². The van der Waals surface area contributed by atoms with Crippen LogP contribution in [0.5, 0.6) is 0 Å². The third-order valence-electron chi connectivity index (χ3n) is 3.13. The van der Waals surface area contributed by atoms with Crippen LogP contribution in [0, 0.1) is 0 Å². The third-order valence-corrected chi connectivity index (χ3v) is 3.13. The van der Waals surface area contributed by atoms with Crippen LogP contribution in [0.3, 0.4) is 0 Å². The van der Waals surface area contributed by atoms with Gasteiger partial charge < -0.3 is 10.2 Å². The number of hydrogen-bond donors (Lipinski definition) is 2. The second kappa shape index (κ2) is 6.21. The lowest BCUT2D eigenvalue weighted by atomic mass is 10.2. The summed E-state index contributed by atoms with van der Waals surface area (Å²) in [6, 6.07) is 10.7. The van der Waals surface area contributed by atoms with Gasteiger partial charge in [-0.25, -0.2) is 29.5 Å². The molecule has 0 radical (unpaired) electrons. The lowest BCUT2D eigenvalue weighted by molar-refractivity contribution is 0.0680. The fourth-order valence-electron chi connectivity index (χ4n) is 2.03. The molecule has 3 rings (SSSR count). The number of nitrogens with zero attached hydrogens (tertiary/aromatic N) is 4. The lowest BCUT2D eigenvalue weighted by Crippen LogP contribution is -2.02. The van der Waals surface area contributed by atoms with Gasteiger partial charge in [-0.2, -0.15) is 0 Å². The summed E-state index contributed by atoms with van der Waals surface area (Å²) in [6.45, 7) is 0. The topological polar surface area (TPSA) is 126 Å². The SMILES string of the molecule is O=C(O)c1cccc(-c2cc(-c3cccc(C(=O)O)n3)ncn2)n1. The Balaban J connectivity index is 2.04. The smallest absolute Gasteiger partial charge is 0.354 e. The van der Waals surface area contributed by atoms with Gasteiger partial charge in [0.05, 0.1) is 22.8 Å². The molecule has 118 valence electrons. The fourth-order valence-corrected chi connectivity index (χ4v) is 2.03. The van der Waals surface area contributed by atoms with Gasteiger partial charge in [-0.3, -0.25) is 0 Å². The van der Waals surface area contributed by atoms with E-state index in [1.807, 2.05) is 0 Å². The number of carboxylic acid groups (broad SMARTS) is 2. The predicted molar refractivity (Wildman–Crippen MR) is 82.4 cm³/mol. The normalized spacial score (nSPS) is 10.3. The zero-order chi connectivity index (χ0) is 17.1. The van der Waals surface area contributed by atoms with Crippen molar-refractivity contribution in [2.45, 2.75) is 0 Å². The first kappa shape index (κ1) is 15.2. The van der Waals surface area contributed by atoms with Crippen LogP contribution in [-0.4, -0.2) is 42.1 Å². The first-order chi connectivity index (χ1) is 11.5. The van der Waals surface area contributed by atoms with Crippen molar-refractivity contribution in [3.63, 3.8) is 0 Å². The molecular weight excluding hydrogens is 312 g/mol. The molecule has 0 aliphatic heterocycles. The fraction of sp³-hybridized carbons (Fsp3) is 0. The molecule has 3 aromatic heterocycles. The van der Waals surface area contributed by atoms with Crippen molar-refractivity contribution >= 4 is 11.9 Å². The van der Waals surface area contributed by atoms with Gasteiger partial charge in [0.25, 0.3) is 0 Å². The maximum atomic E-state index is 11.0. The molecule has 24 heavy (non-hydrogen) atoms. The average Bonchev–Trinajstić information content (AvgIpc) is 2.62. The largest absolute Gasteiger partial charge is 0.477 e. The molecule has 0 aromatic carbocycles. The maximum Gasteiger partial charge on any atom is 0.354 e. The maximum absolute atomic E-state index is 11.0. The molecule has 3 heterocycles. The summed E-state index contributed by atoms with van der Waals surface area (Å²) in [5.74, 6) is -2.27. The molecule has 0 unspecified atom stereocenters. The summed E-state index contributed by atoms with van der Waals surface area (Å²) in [4.78, 5) is 38.2. The quantitative estimate of drug-likeness (QED) is 0.746. The second-order valence-corrected chi connectivity index (χ2v) is 4.71. The minimum atomic E-state index is -1.14. The van der Waals surface area contributed by atoms with E-state index < -0.39 is 11.9 Å². The summed E-state index contributed by atoms with van der Waals surface area (Å²) in [5.41, 5.74) is 1.36. The summed E-state index contributed by atoms with van der Waals surface area (Å²) in [6.07, 6.45) is 1.29. The standard InChI is InChI=1S/C16H10N4O4/c21-15(22)11-5-1-3-9(19-11)13-7-14(18-8-17-13)10-4-2-6-12(20-10)16(23)24/h1-8H,(H,21,22)(H,23,24). The molecule has 0 saturated heterocycles. The summed E-state index contributed by atoms with van der Waals surface area (Å²) < 4.78 is 0. The van der Waals surface area contributed by atoms with Gasteiger partial charge in [0.2, 0.25) is 0 Å². The van der Waals surface area contributed by atoms with Crippen LogP contribution in [0.25, 0.3) is 22.8 Å². The Hall–Kier alpha value is -3.68. The van der Waals surface area contributed by atoms with Gasteiger partial charge in [-0.15, -0.1) is 0 Å². The lowest BCUT2D eigenvalue weighted by Gasteiger charge is -2.04. The van der Waals surface area contributed by atoms with E-state index >= 15 is 0 Å². The van der Waals surface area contributed by atoms with Crippen LogP contribution >= 0.6 is 0 Å². The minimum Gasteiger partial charge on any atom is -0.477 e. The molecule has 3 aromatic rings. The van der Waals surface area contributed by atoms with Crippen LogP contribution in [0.1, 0.15) is 21.0 Å². The van der Waals surface area contributed by atoms with Gasteiger partial charge in [-0.1, -0.05) is 12.1 Å². The second-order valence-electron chi connectivity index (χ2n) is 4.71. The molecule has 0 atom stereocenters. The van der Waals surface area contributed by atoms with Crippen LogP contribution in [-0.2, 0) is 0 Å². The molecule has 8 nitrogen and oxygen atoms in total. The van der Waals surface area contributed by atoms with E-state index in [9.17, 15) is 9.59 Å². The zero-order valence-electron chi connectivity index (χ0n) is 12.1. The van der Waals surface area contributed by atoms with Crippen molar-refractivity contribution in [2.24, 2.45) is 0 Å². The van der Waals surface area contributed by atoms with Crippen LogP contribution in [0.15, 0.2) is 48.8 Å². The molecule has 0 fully saturated rings. The number of rotatable bonds is 4. The van der Waals surface area contributed by atoms with E-state index in [0.29, 0.717) is 22.8 Å². The van der Waals surface area contributed by atoms with Crippen molar-refractivity contribution in [2.75, 3.05) is 0 Å². The first-order valence-corrected chi connectivity index (χ1v) is 6.78. The van der Waals surface area contributed by atoms with Crippen LogP contribution in [0.2, 0.25) is 0 Å². The Morgan fingerprint density at radius 3 is 1.58 bits per heavy atom. The first-order valence-electron chi connectivity index (χ1n) is 6.78. The van der Waals surface area contributed by atoms with Gasteiger partial charge in [0, 0.05) is 0 Å². The van der Waals surface area contributed by atoms with E-state index in [1.54, 1.807) is 30.3 Å². The highest BCUT2D eigenvalue weighted by Crippen LogP contribution is 2.20. The van der Waals surface area contributed by atoms with Crippen LogP contribution < -0.4 is 0 Å². The Labute approximate surface area is 135 Å².